The maximum absolute atomic E-state index is 12.9. The van der Waals surface area contributed by atoms with Crippen LogP contribution >= 0.6 is 0 Å². The van der Waals surface area contributed by atoms with Crippen molar-refractivity contribution < 1.29 is 22.3 Å². The van der Waals surface area contributed by atoms with E-state index in [-0.39, 0.29) is 28.7 Å². The lowest BCUT2D eigenvalue weighted by atomic mass is 10.2. The third-order valence-corrected chi connectivity index (χ3v) is 4.40. The van der Waals surface area contributed by atoms with Crippen molar-refractivity contribution in [3.8, 4) is 0 Å². The number of hydrogen-bond acceptors (Lipinski definition) is 4. The molecule has 0 aromatic heterocycles. The zero-order valence-electron chi connectivity index (χ0n) is 13.3. The Morgan fingerprint density at radius 1 is 1.17 bits per heavy atom. The highest BCUT2D eigenvalue weighted by Gasteiger charge is 2.17. The highest BCUT2D eigenvalue weighted by Crippen LogP contribution is 2.18. The van der Waals surface area contributed by atoms with Gasteiger partial charge in [0.25, 0.3) is 10.0 Å². The number of nitrogens with one attached hydrogen (secondary N) is 1. The average molecular weight is 351 g/mol. The second-order valence-corrected chi connectivity index (χ2v) is 7.31. The van der Waals surface area contributed by atoms with E-state index in [0.717, 1.165) is 12.1 Å². The summed E-state index contributed by atoms with van der Waals surface area (Å²) in [6.45, 7) is 4.06. The molecule has 0 radical (unpaired) electrons. The van der Waals surface area contributed by atoms with E-state index < -0.39 is 21.8 Å². The van der Waals surface area contributed by atoms with Gasteiger partial charge >= 0.3 is 5.97 Å². The van der Waals surface area contributed by atoms with Crippen LogP contribution in [-0.2, 0) is 14.8 Å². The first-order valence-corrected chi connectivity index (χ1v) is 8.82. The largest absolute Gasteiger partial charge is 0.462 e. The minimum Gasteiger partial charge on any atom is -0.462 e. The summed E-state index contributed by atoms with van der Waals surface area (Å²) in [7, 11) is -3.89. The number of hydrogen-bond donors (Lipinski definition) is 1. The van der Waals surface area contributed by atoms with E-state index in [1.54, 1.807) is 0 Å². The first kappa shape index (κ1) is 17.9. The van der Waals surface area contributed by atoms with E-state index in [4.69, 9.17) is 4.74 Å². The Bertz CT molecular complexity index is 817. The van der Waals surface area contributed by atoms with E-state index in [0.29, 0.717) is 0 Å². The summed E-state index contributed by atoms with van der Waals surface area (Å²) < 4.78 is 45.1. The Kier molecular flexibility index (Phi) is 5.56. The molecule has 2 aromatic rings. The third kappa shape index (κ3) is 4.79. The Morgan fingerprint density at radius 2 is 1.83 bits per heavy atom. The van der Waals surface area contributed by atoms with Crippen molar-refractivity contribution in [2.24, 2.45) is 5.92 Å². The van der Waals surface area contributed by atoms with Crippen LogP contribution in [0.2, 0.25) is 0 Å². The maximum Gasteiger partial charge on any atom is 0.338 e. The number of carbonyl (C=O) groups is 1. The lowest BCUT2D eigenvalue weighted by molar-refractivity contribution is 0.0458. The zero-order valence-corrected chi connectivity index (χ0v) is 14.1. The van der Waals surface area contributed by atoms with Gasteiger partial charge < -0.3 is 4.74 Å². The molecule has 0 saturated heterocycles. The molecule has 2 aromatic carbocycles. The summed E-state index contributed by atoms with van der Waals surface area (Å²) in [6, 6.07) is 10.5. The zero-order chi connectivity index (χ0) is 17.7. The van der Waals surface area contributed by atoms with Gasteiger partial charge in [-0.3, -0.25) is 4.72 Å². The fraction of sp³-hybridized carbons (Fsp3) is 0.235. The van der Waals surface area contributed by atoms with Gasteiger partial charge in [0.05, 0.1) is 17.1 Å². The Balaban J connectivity index is 2.20. The molecule has 1 N–H and O–H groups in total. The van der Waals surface area contributed by atoms with Crippen LogP contribution in [0, 0.1) is 11.7 Å². The number of sulfonamides is 1. The van der Waals surface area contributed by atoms with Crippen molar-refractivity contribution in [1.82, 2.24) is 0 Å². The van der Waals surface area contributed by atoms with Crippen LogP contribution in [0.25, 0.3) is 0 Å². The summed E-state index contributed by atoms with van der Waals surface area (Å²) in [5.41, 5.74) is 0.377. The van der Waals surface area contributed by atoms with E-state index in [2.05, 4.69) is 4.72 Å². The quantitative estimate of drug-likeness (QED) is 0.809. The number of esters is 1. The van der Waals surface area contributed by atoms with Crippen molar-refractivity contribution in [3.63, 3.8) is 0 Å². The Morgan fingerprint density at radius 3 is 2.46 bits per heavy atom. The van der Waals surface area contributed by atoms with E-state index >= 15 is 0 Å². The van der Waals surface area contributed by atoms with Gasteiger partial charge in [-0.05, 0) is 48.4 Å². The van der Waals surface area contributed by atoms with Crippen LogP contribution in [0.4, 0.5) is 10.1 Å². The summed E-state index contributed by atoms with van der Waals surface area (Å²) in [6.07, 6.45) is 0. The minimum atomic E-state index is -3.89. The third-order valence-electron chi connectivity index (χ3n) is 3.02. The van der Waals surface area contributed by atoms with Crippen LogP contribution in [0.15, 0.2) is 53.4 Å². The minimum absolute atomic E-state index is 0.0779. The number of halogens is 1. The highest BCUT2D eigenvalue weighted by atomic mass is 32.2. The molecule has 0 fully saturated rings. The lowest BCUT2D eigenvalue weighted by Crippen LogP contribution is -2.15. The molecule has 128 valence electrons. The molecule has 7 heteroatoms. The first-order chi connectivity index (χ1) is 11.3. The molecule has 0 atom stereocenters. The number of ether oxygens (including phenoxy) is 1. The molecule has 5 nitrogen and oxygen atoms in total. The molecule has 24 heavy (non-hydrogen) atoms. The maximum atomic E-state index is 12.9. The molecular weight excluding hydrogens is 333 g/mol. The van der Waals surface area contributed by atoms with Crippen LogP contribution in [0.3, 0.4) is 0 Å². The summed E-state index contributed by atoms with van der Waals surface area (Å²) >= 11 is 0. The molecular formula is C17H18FNO4S. The smallest absolute Gasteiger partial charge is 0.338 e. The monoisotopic (exact) mass is 351 g/mol. The van der Waals surface area contributed by atoms with Gasteiger partial charge in [0.15, 0.2) is 0 Å². The highest BCUT2D eigenvalue weighted by molar-refractivity contribution is 7.92. The normalized spacial score (nSPS) is 11.3. The molecule has 2 rings (SSSR count). The van der Waals surface area contributed by atoms with Crippen LogP contribution in [-0.4, -0.2) is 21.0 Å². The summed E-state index contributed by atoms with van der Waals surface area (Å²) in [5.74, 6) is -0.864. The van der Waals surface area contributed by atoms with Gasteiger partial charge in [0.2, 0.25) is 0 Å². The number of carbonyl (C=O) groups excluding carboxylic acids is 1. The van der Waals surface area contributed by atoms with Crippen LogP contribution in [0.5, 0.6) is 0 Å². The lowest BCUT2D eigenvalue weighted by Gasteiger charge is -2.10. The van der Waals surface area contributed by atoms with Crippen molar-refractivity contribution >= 4 is 21.7 Å². The molecule has 0 spiro atoms. The van der Waals surface area contributed by atoms with Gasteiger partial charge in [-0.1, -0.05) is 19.9 Å². The molecule has 0 saturated carbocycles. The molecule has 0 heterocycles. The average Bonchev–Trinajstić information content (AvgIpc) is 2.54. The van der Waals surface area contributed by atoms with Crippen molar-refractivity contribution in [1.29, 1.82) is 0 Å². The van der Waals surface area contributed by atoms with Gasteiger partial charge in [-0.25, -0.2) is 17.6 Å². The number of anilines is 1. The van der Waals surface area contributed by atoms with Crippen molar-refractivity contribution in [3.05, 3.63) is 59.9 Å². The predicted molar refractivity (Wildman–Crippen MR) is 88.8 cm³/mol. The van der Waals surface area contributed by atoms with Gasteiger partial charge in [-0.15, -0.1) is 0 Å². The molecule has 0 aliphatic carbocycles. The van der Waals surface area contributed by atoms with Crippen LogP contribution in [0.1, 0.15) is 24.2 Å². The molecule has 0 bridgehead atoms. The number of benzene rings is 2. The Hall–Kier alpha value is -2.41. The van der Waals surface area contributed by atoms with E-state index in [9.17, 15) is 17.6 Å². The summed E-state index contributed by atoms with van der Waals surface area (Å²) in [4.78, 5) is 11.9. The second kappa shape index (κ2) is 7.44. The van der Waals surface area contributed by atoms with Gasteiger partial charge in [-0.2, -0.15) is 0 Å². The fourth-order valence-electron chi connectivity index (χ4n) is 1.85. The Labute approximate surface area is 140 Å². The molecule has 0 aliphatic heterocycles. The SMILES string of the molecule is CC(C)COC(=O)c1cccc(S(=O)(=O)Nc2ccc(F)cc2)c1. The molecule has 0 aliphatic rings. The number of rotatable bonds is 6. The predicted octanol–water partition coefficient (Wildman–Crippen LogP) is 3.44. The van der Waals surface area contributed by atoms with Crippen molar-refractivity contribution in [2.45, 2.75) is 18.7 Å². The van der Waals surface area contributed by atoms with E-state index in [1.165, 1.54) is 36.4 Å². The second-order valence-electron chi connectivity index (χ2n) is 5.63. The fourth-order valence-corrected chi connectivity index (χ4v) is 2.95. The molecule has 0 unspecified atom stereocenters. The van der Waals surface area contributed by atoms with Crippen molar-refractivity contribution in [2.75, 3.05) is 11.3 Å². The topological polar surface area (TPSA) is 72.5 Å². The van der Waals surface area contributed by atoms with Gasteiger partial charge in [0.1, 0.15) is 5.82 Å². The molecule has 0 amide bonds. The van der Waals surface area contributed by atoms with Gasteiger partial charge in [0, 0.05) is 5.69 Å². The van der Waals surface area contributed by atoms with Crippen LogP contribution < -0.4 is 4.72 Å². The standard InChI is InChI=1S/C17H18FNO4S/c1-12(2)11-23-17(20)13-4-3-5-16(10-13)24(21,22)19-15-8-6-14(18)7-9-15/h3-10,12,19H,11H2,1-2H3. The first-order valence-electron chi connectivity index (χ1n) is 7.33. The van der Waals surface area contributed by atoms with E-state index in [1.807, 2.05) is 13.8 Å². The summed E-state index contributed by atoms with van der Waals surface area (Å²) in [5, 5.41) is 0.